The van der Waals surface area contributed by atoms with E-state index >= 15 is 0 Å². The van der Waals surface area contributed by atoms with Crippen molar-refractivity contribution in [1.29, 1.82) is 0 Å². The molecule has 2 saturated heterocycles. The van der Waals surface area contributed by atoms with Crippen LogP contribution >= 0.6 is 0 Å². The molecule has 2 amide bonds. The normalized spacial score (nSPS) is 26.5. The number of rotatable bonds is 44. The lowest BCUT2D eigenvalue weighted by atomic mass is 9.95. The predicted octanol–water partition coefficient (Wildman–Crippen LogP) is 5.86. The lowest BCUT2D eigenvalue weighted by Gasteiger charge is -2.47. The topological polar surface area (TPSA) is 277 Å². The van der Waals surface area contributed by atoms with Crippen molar-refractivity contribution in [1.82, 2.24) is 10.6 Å². The number of aliphatic hydroxyl groups is 9. The molecule has 17 heteroatoms. The third kappa shape index (κ3) is 27.2. The van der Waals surface area contributed by atoms with Crippen molar-refractivity contribution >= 4 is 11.8 Å². The van der Waals surface area contributed by atoms with E-state index in [2.05, 4.69) is 24.5 Å². The quantitative estimate of drug-likeness (QED) is 0.0319. The molecule has 0 aromatic heterocycles. The summed E-state index contributed by atoms with van der Waals surface area (Å²) in [5, 5.41) is 102. The van der Waals surface area contributed by atoms with Gasteiger partial charge in [0.2, 0.25) is 11.8 Å². The van der Waals surface area contributed by atoms with Crippen molar-refractivity contribution in [3.63, 3.8) is 0 Å². The van der Waals surface area contributed by atoms with Gasteiger partial charge in [0.1, 0.15) is 61.0 Å². The van der Waals surface area contributed by atoms with Gasteiger partial charge in [-0.15, -0.1) is 0 Å². The van der Waals surface area contributed by atoms with Crippen LogP contribution in [0.1, 0.15) is 226 Å². The van der Waals surface area contributed by atoms with Gasteiger partial charge in [0.15, 0.2) is 12.6 Å². The highest BCUT2D eigenvalue weighted by molar-refractivity contribution is 5.80. The molecule has 2 aliphatic heterocycles. The molecule has 71 heavy (non-hydrogen) atoms. The number of hydrogen-bond acceptors (Lipinski definition) is 15. The average molecular weight is 1020 g/mol. The van der Waals surface area contributed by atoms with E-state index in [1.54, 1.807) is 0 Å². The Balaban J connectivity index is 1.92. The Morgan fingerprint density at radius 1 is 0.521 bits per heavy atom. The van der Waals surface area contributed by atoms with E-state index in [1.165, 1.54) is 128 Å². The fourth-order valence-electron chi connectivity index (χ4n) is 9.80. The van der Waals surface area contributed by atoms with Gasteiger partial charge in [-0.3, -0.25) is 9.59 Å². The fraction of sp³-hybridized carbons (Fsp3) is 0.963. The van der Waals surface area contributed by atoms with Gasteiger partial charge in [0.05, 0.1) is 32.0 Å². The number of nitrogens with one attached hydrogen (secondary N) is 2. The minimum Gasteiger partial charge on any atom is -0.394 e. The maximum absolute atomic E-state index is 13.4. The Bertz CT molecular complexity index is 1310. The van der Waals surface area contributed by atoms with Gasteiger partial charge in [-0.25, -0.2) is 0 Å². The largest absolute Gasteiger partial charge is 0.394 e. The Hall–Kier alpha value is -1.58. The lowest BCUT2D eigenvalue weighted by molar-refractivity contribution is -0.348. The van der Waals surface area contributed by atoms with Crippen LogP contribution in [0.15, 0.2) is 0 Å². The van der Waals surface area contributed by atoms with E-state index in [-0.39, 0.29) is 12.8 Å². The molecule has 0 radical (unpaired) electrons. The standard InChI is InChI=1S/C54H104N2O15/c1-4-6-8-10-12-14-16-17-18-19-20-21-22-23-24-25-27-29-31-33-35-42(61)52(67)56-40(46(62)41(60)34-32-30-28-26-15-13-11-9-7-5-2)38-68-54-50(66)51(48(64)44(37-58)70-54)71-53-45(55-39(3)59)49(65)47(63)43(36-57)69-53/h40-51,53-54,57-58,60-66H,4-38H2,1-3H3,(H,55,59)(H,56,67). The SMILES string of the molecule is CCCCCCCCCCCCCCCCCCCCCCC(O)C(=O)NC(COC1OC(CO)C(O)C(OC2OC(CO)C(O)C(O)C2NC(C)=O)C1O)C(O)C(O)CCCCCCCCCCCC. The summed E-state index contributed by atoms with van der Waals surface area (Å²) in [5.74, 6) is -1.40. The zero-order valence-corrected chi connectivity index (χ0v) is 44.3. The molecule has 2 heterocycles. The van der Waals surface area contributed by atoms with E-state index in [1.807, 2.05) is 0 Å². The van der Waals surface area contributed by atoms with Crippen LogP contribution in [-0.2, 0) is 28.5 Å². The minimum atomic E-state index is -1.85. The Labute approximate surface area is 427 Å². The number of amides is 2. The summed E-state index contributed by atoms with van der Waals surface area (Å²) >= 11 is 0. The number of carbonyl (C=O) groups is 2. The second kappa shape index (κ2) is 40.7. The number of unbranched alkanes of at least 4 members (excludes halogenated alkanes) is 28. The van der Waals surface area contributed by atoms with Gasteiger partial charge in [-0.1, -0.05) is 206 Å². The van der Waals surface area contributed by atoms with Gasteiger partial charge in [-0.05, 0) is 12.8 Å². The van der Waals surface area contributed by atoms with E-state index < -0.39 is 117 Å². The summed E-state index contributed by atoms with van der Waals surface area (Å²) in [4.78, 5) is 25.4. The van der Waals surface area contributed by atoms with Gasteiger partial charge >= 0.3 is 0 Å². The van der Waals surface area contributed by atoms with Crippen molar-refractivity contribution in [2.24, 2.45) is 0 Å². The Morgan fingerprint density at radius 2 is 0.915 bits per heavy atom. The van der Waals surface area contributed by atoms with Crippen LogP contribution in [0.4, 0.5) is 0 Å². The summed E-state index contributed by atoms with van der Waals surface area (Å²) in [7, 11) is 0. The third-order valence-corrected chi connectivity index (χ3v) is 14.4. The molecule has 17 nitrogen and oxygen atoms in total. The van der Waals surface area contributed by atoms with E-state index in [9.17, 15) is 55.5 Å². The summed E-state index contributed by atoms with van der Waals surface area (Å²) < 4.78 is 23.1. The summed E-state index contributed by atoms with van der Waals surface area (Å²) in [6.07, 6.45) is 17.2. The second-order valence-corrected chi connectivity index (χ2v) is 20.7. The first-order valence-electron chi connectivity index (χ1n) is 28.4. The first-order valence-corrected chi connectivity index (χ1v) is 28.4. The van der Waals surface area contributed by atoms with Crippen LogP contribution in [0, 0.1) is 0 Å². The Morgan fingerprint density at radius 3 is 1.34 bits per heavy atom. The predicted molar refractivity (Wildman–Crippen MR) is 273 cm³/mol. The van der Waals surface area contributed by atoms with Crippen molar-refractivity contribution in [2.45, 2.75) is 312 Å². The summed E-state index contributed by atoms with van der Waals surface area (Å²) in [6.45, 7) is 3.53. The van der Waals surface area contributed by atoms with Crippen LogP contribution in [0.5, 0.6) is 0 Å². The number of hydrogen-bond donors (Lipinski definition) is 11. The number of ether oxygens (including phenoxy) is 4. The van der Waals surface area contributed by atoms with Gasteiger partial charge < -0.3 is 75.5 Å². The molecule has 0 aromatic rings. The van der Waals surface area contributed by atoms with Crippen LogP contribution in [0.25, 0.3) is 0 Å². The second-order valence-electron chi connectivity index (χ2n) is 20.7. The molecular formula is C54H104N2O15. The highest BCUT2D eigenvalue weighted by Gasteiger charge is 2.51. The maximum Gasteiger partial charge on any atom is 0.249 e. The zero-order chi connectivity index (χ0) is 52.2. The molecule has 14 unspecified atom stereocenters. The molecule has 0 aromatic carbocycles. The van der Waals surface area contributed by atoms with E-state index in [0.29, 0.717) is 12.8 Å². The van der Waals surface area contributed by atoms with Crippen LogP contribution in [0.2, 0.25) is 0 Å². The van der Waals surface area contributed by atoms with Crippen molar-refractivity contribution in [2.75, 3.05) is 19.8 Å². The van der Waals surface area contributed by atoms with E-state index in [4.69, 9.17) is 18.9 Å². The lowest BCUT2D eigenvalue weighted by Crippen LogP contribution is -2.68. The fourth-order valence-corrected chi connectivity index (χ4v) is 9.80. The number of carbonyl (C=O) groups excluding carboxylic acids is 2. The first-order chi connectivity index (χ1) is 34.3. The van der Waals surface area contributed by atoms with Gasteiger partial charge in [-0.2, -0.15) is 0 Å². The Kier molecular flexibility index (Phi) is 37.6. The van der Waals surface area contributed by atoms with Crippen molar-refractivity contribution in [3.8, 4) is 0 Å². The summed E-state index contributed by atoms with van der Waals surface area (Å²) in [5.41, 5.74) is 0. The van der Waals surface area contributed by atoms with E-state index in [0.717, 1.165) is 58.3 Å². The molecule has 14 atom stereocenters. The molecule has 0 aliphatic carbocycles. The molecule has 0 saturated carbocycles. The van der Waals surface area contributed by atoms with Crippen molar-refractivity contribution in [3.05, 3.63) is 0 Å². The molecule has 0 bridgehead atoms. The van der Waals surface area contributed by atoms with Crippen LogP contribution < -0.4 is 10.6 Å². The van der Waals surface area contributed by atoms with Crippen LogP contribution in [0.3, 0.4) is 0 Å². The molecular weight excluding hydrogens is 917 g/mol. The smallest absolute Gasteiger partial charge is 0.249 e. The van der Waals surface area contributed by atoms with Gasteiger partial charge in [0, 0.05) is 6.92 Å². The third-order valence-electron chi connectivity index (χ3n) is 14.4. The number of aliphatic hydroxyl groups excluding tert-OH is 9. The molecule has 2 rings (SSSR count). The molecule has 11 N–H and O–H groups in total. The van der Waals surface area contributed by atoms with Crippen LogP contribution in [-0.4, -0.2) is 163 Å². The summed E-state index contributed by atoms with van der Waals surface area (Å²) in [6, 6.07) is -2.71. The highest BCUT2D eigenvalue weighted by Crippen LogP contribution is 2.30. The zero-order valence-electron chi connectivity index (χ0n) is 44.3. The molecule has 2 fully saturated rings. The first kappa shape index (κ1) is 65.5. The molecule has 2 aliphatic rings. The molecule has 0 spiro atoms. The van der Waals surface area contributed by atoms with Crippen molar-refractivity contribution < 1.29 is 74.5 Å². The molecule has 420 valence electrons. The van der Waals surface area contributed by atoms with Gasteiger partial charge in [0.25, 0.3) is 0 Å². The monoisotopic (exact) mass is 1020 g/mol. The minimum absolute atomic E-state index is 0.195. The average Bonchev–Trinajstić information content (AvgIpc) is 3.35. The highest BCUT2D eigenvalue weighted by atomic mass is 16.7. The maximum atomic E-state index is 13.4.